The minimum Gasteiger partial charge on any atom is -0.393 e. The van der Waals surface area contributed by atoms with Gasteiger partial charge in [-0.25, -0.2) is 0 Å². The van der Waals surface area contributed by atoms with Crippen LogP contribution in [0.5, 0.6) is 0 Å². The van der Waals surface area contributed by atoms with Crippen molar-refractivity contribution in [2.24, 2.45) is 0 Å². The fourth-order valence-electron chi connectivity index (χ4n) is 4.04. The maximum Gasteiger partial charge on any atom is 0.264 e. The van der Waals surface area contributed by atoms with Gasteiger partial charge < -0.3 is 14.3 Å². The topological polar surface area (TPSA) is 38.7 Å². The van der Waals surface area contributed by atoms with Crippen molar-refractivity contribution in [1.29, 1.82) is 0 Å². The number of hydrogen-bond donors (Lipinski definition) is 1. The molecule has 140 valence electrons. The standard InChI is InChI=1S/C22H30O3Si/c1-17-15-18(23)16-21(24-17)25-26(22(2,3)4,19-11-7-5-8-12-19)20-13-9-6-10-14-20/h5-14,17-18,21,23H,15-16H2,1-4H3/t17-,18+,21+/m0/s1. The second-order valence-electron chi connectivity index (χ2n) is 8.28. The van der Waals surface area contributed by atoms with E-state index in [4.69, 9.17) is 9.16 Å². The minimum atomic E-state index is -2.63. The second-order valence-corrected chi connectivity index (χ2v) is 12.5. The molecule has 26 heavy (non-hydrogen) atoms. The van der Waals surface area contributed by atoms with Gasteiger partial charge in [0, 0.05) is 6.42 Å². The monoisotopic (exact) mass is 370 g/mol. The maximum atomic E-state index is 10.2. The molecule has 3 rings (SSSR count). The van der Waals surface area contributed by atoms with Gasteiger partial charge >= 0.3 is 0 Å². The Kier molecular flexibility index (Phi) is 5.68. The summed E-state index contributed by atoms with van der Waals surface area (Å²) in [5.41, 5.74) is 0. The zero-order chi connectivity index (χ0) is 18.8. The van der Waals surface area contributed by atoms with E-state index in [1.54, 1.807) is 0 Å². The summed E-state index contributed by atoms with van der Waals surface area (Å²) in [5.74, 6) is 0. The zero-order valence-corrected chi connectivity index (χ0v) is 17.2. The number of ether oxygens (including phenoxy) is 1. The van der Waals surface area contributed by atoms with Gasteiger partial charge in [0.15, 0.2) is 6.29 Å². The molecule has 1 N–H and O–H groups in total. The molecule has 3 nitrogen and oxygen atoms in total. The SMILES string of the molecule is C[C@H]1C[C@@H](O)C[C@@H](O[Si](c2ccccc2)(c2ccccc2)C(C)(C)C)O1. The Labute approximate surface area is 158 Å². The van der Waals surface area contributed by atoms with Gasteiger partial charge in [0.25, 0.3) is 8.32 Å². The van der Waals surface area contributed by atoms with E-state index in [1.807, 2.05) is 19.1 Å². The highest BCUT2D eigenvalue weighted by Crippen LogP contribution is 2.38. The average molecular weight is 371 g/mol. The average Bonchev–Trinajstić information content (AvgIpc) is 2.59. The molecule has 1 heterocycles. The lowest BCUT2D eigenvalue weighted by atomic mass is 10.1. The predicted molar refractivity (Wildman–Crippen MR) is 108 cm³/mol. The van der Waals surface area contributed by atoms with Crippen LogP contribution in [0.1, 0.15) is 40.5 Å². The molecule has 4 heteroatoms. The molecular formula is C22H30O3Si. The largest absolute Gasteiger partial charge is 0.393 e. The van der Waals surface area contributed by atoms with E-state index >= 15 is 0 Å². The number of hydrogen-bond acceptors (Lipinski definition) is 3. The molecule has 0 radical (unpaired) electrons. The Balaban J connectivity index is 2.11. The van der Waals surface area contributed by atoms with Crippen molar-refractivity contribution >= 4 is 18.7 Å². The van der Waals surface area contributed by atoms with Gasteiger partial charge in [-0.1, -0.05) is 81.4 Å². The summed E-state index contributed by atoms with van der Waals surface area (Å²) in [4.78, 5) is 0. The van der Waals surface area contributed by atoms with Crippen molar-refractivity contribution < 1.29 is 14.3 Å². The first-order chi connectivity index (χ1) is 12.3. The second kappa shape index (κ2) is 7.65. The van der Waals surface area contributed by atoms with Gasteiger partial charge in [0.1, 0.15) is 0 Å². The highest BCUT2D eigenvalue weighted by molar-refractivity contribution is 6.99. The minimum absolute atomic E-state index is 0.00182. The fourth-order valence-corrected chi connectivity index (χ4v) is 8.60. The van der Waals surface area contributed by atoms with Crippen LogP contribution in [0, 0.1) is 0 Å². The van der Waals surface area contributed by atoms with Crippen LogP contribution in [0.2, 0.25) is 5.04 Å². The number of rotatable bonds is 4. The van der Waals surface area contributed by atoms with Crippen LogP contribution in [-0.4, -0.2) is 31.9 Å². The molecule has 2 aromatic rings. The van der Waals surface area contributed by atoms with Gasteiger partial charge in [-0.2, -0.15) is 0 Å². The maximum absolute atomic E-state index is 10.2. The fraction of sp³-hybridized carbons (Fsp3) is 0.455. The van der Waals surface area contributed by atoms with Crippen molar-refractivity contribution in [3.05, 3.63) is 60.7 Å². The summed E-state index contributed by atoms with van der Waals surface area (Å²) < 4.78 is 13.0. The number of aliphatic hydroxyl groups is 1. The van der Waals surface area contributed by atoms with Crippen LogP contribution in [0.15, 0.2) is 60.7 Å². The zero-order valence-electron chi connectivity index (χ0n) is 16.2. The smallest absolute Gasteiger partial charge is 0.264 e. The van der Waals surface area contributed by atoms with E-state index in [0.717, 1.165) is 0 Å². The highest BCUT2D eigenvalue weighted by Gasteiger charge is 2.52. The molecule has 2 aromatic carbocycles. The molecule has 0 bridgehead atoms. The summed E-state index contributed by atoms with van der Waals surface area (Å²) >= 11 is 0. The van der Waals surface area contributed by atoms with Crippen LogP contribution < -0.4 is 10.4 Å². The first-order valence-corrected chi connectivity index (χ1v) is 11.4. The molecule has 0 aromatic heterocycles. The molecule has 0 spiro atoms. The van der Waals surface area contributed by atoms with E-state index in [1.165, 1.54) is 10.4 Å². The molecular weight excluding hydrogens is 340 g/mol. The number of benzene rings is 2. The Morgan fingerprint density at radius 3 is 1.85 bits per heavy atom. The third kappa shape index (κ3) is 3.79. The van der Waals surface area contributed by atoms with Crippen molar-refractivity contribution in [3.63, 3.8) is 0 Å². The summed E-state index contributed by atoms with van der Waals surface area (Å²) in [6.45, 7) is 8.76. The van der Waals surface area contributed by atoms with Crippen molar-refractivity contribution in [1.82, 2.24) is 0 Å². The van der Waals surface area contributed by atoms with Crippen LogP contribution >= 0.6 is 0 Å². The first-order valence-electron chi connectivity index (χ1n) is 9.45. The lowest BCUT2D eigenvalue weighted by Gasteiger charge is -2.46. The van der Waals surface area contributed by atoms with Crippen LogP contribution in [0.4, 0.5) is 0 Å². The van der Waals surface area contributed by atoms with Crippen molar-refractivity contribution in [2.75, 3.05) is 0 Å². The van der Waals surface area contributed by atoms with Crippen molar-refractivity contribution in [3.8, 4) is 0 Å². The van der Waals surface area contributed by atoms with E-state index in [2.05, 4.69) is 69.3 Å². The molecule has 1 saturated heterocycles. The predicted octanol–water partition coefficient (Wildman–Crippen LogP) is 3.45. The molecule has 0 unspecified atom stereocenters. The summed E-state index contributed by atoms with van der Waals surface area (Å²) in [5, 5.41) is 12.6. The third-order valence-electron chi connectivity index (χ3n) is 5.18. The van der Waals surface area contributed by atoms with Gasteiger partial charge in [-0.15, -0.1) is 0 Å². The molecule has 1 aliphatic heterocycles. The van der Waals surface area contributed by atoms with Gasteiger partial charge in [-0.05, 0) is 28.8 Å². The molecule has 1 fully saturated rings. The Bertz CT molecular complexity index is 647. The van der Waals surface area contributed by atoms with E-state index in [-0.39, 0.29) is 23.5 Å². The Morgan fingerprint density at radius 1 is 0.923 bits per heavy atom. The highest BCUT2D eigenvalue weighted by atomic mass is 28.4. The van der Waals surface area contributed by atoms with Crippen molar-refractivity contribution in [2.45, 2.75) is 64.1 Å². The summed E-state index contributed by atoms with van der Waals surface area (Å²) in [7, 11) is -2.63. The van der Waals surface area contributed by atoms with Crippen LogP contribution in [-0.2, 0) is 9.16 Å². The van der Waals surface area contributed by atoms with Crippen LogP contribution in [0.3, 0.4) is 0 Å². The Morgan fingerprint density at radius 2 is 1.42 bits per heavy atom. The van der Waals surface area contributed by atoms with Gasteiger partial charge in [0.2, 0.25) is 0 Å². The van der Waals surface area contributed by atoms with Gasteiger partial charge in [-0.3, -0.25) is 0 Å². The lowest BCUT2D eigenvalue weighted by molar-refractivity contribution is -0.174. The van der Waals surface area contributed by atoms with E-state index in [9.17, 15) is 5.11 Å². The molecule has 0 aliphatic carbocycles. The van der Waals surface area contributed by atoms with Gasteiger partial charge in [0.05, 0.1) is 12.2 Å². The third-order valence-corrected chi connectivity index (χ3v) is 10.2. The quantitative estimate of drug-likeness (QED) is 0.838. The normalized spacial score (nSPS) is 24.4. The molecule has 0 amide bonds. The summed E-state index contributed by atoms with van der Waals surface area (Å²) in [6, 6.07) is 21.1. The molecule has 1 aliphatic rings. The Hall–Kier alpha value is -1.46. The number of aliphatic hydroxyl groups excluding tert-OH is 1. The molecule has 0 saturated carbocycles. The van der Waals surface area contributed by atoms with E-state index < -0.39 is 8.32 Å². The summed E-state index contributed by atoms with van der Waals surface area (Å²) in [6.07, 6.45) is 0.430. The lowest BCUT2D eigenvalue weighted by Crippen LogP contribution is -2.68. The first kappa shape index (κ1) is 19.3. The molecule has 3 atom stereocenters. The van der Waals surface area contributed by atoms with Crippen LogP contribution in [0.25, 0.3) is 0 Å². The van der Waals surface area contributed by atoms with E-state index in [0.29, 0.717) is 12.8 Å².